The summed E-state index contributed by atoms with van der Waals surface area (Å²) in [6.07, 6.45) is 2.50. The van der Waals surface area contributed by atoms with Crippen molar-refractivity contribution in [3.8, 4) is 0 Å². The third-order valence-corrected chi connectivity index (χ3v) is 4.33. The van der Waals surface area contributed by atoms with E-state index in [9.17, 15) is 4.39 Å². The zero-order valence-corrected chi connectivity index (χ0v) is 11.5. The molecule has 18 heavy (non-hydrogen) atoms. The lowest BCUT2D eigenvalue weighted by atomic mass is 9.78. The van der Waals surface area contributed by atoms with Gasteiger partial charge in [0.15, 0.2) is 0 Å². The molecule has 0 radical (unpaired) electrons. The van der Waals surface area contributed by atoms with E-state index in [-0.39, 0.29) is 11.9 Å². The van der Waals surface area contributed by atoms with Gasteiger partial charge < -0.3 is 5.32 Å². The van der Waals surface area contributed by atoms with Crippen LogP contribution >= 0.6 is 0 Å². The Labute approximate surface area is 109 Å². The van der Waals surface area contributed by atoms with Gasteiger partial charge in [0.1, 0.15) is 5.82 Å². The van der Waals surface area contributed by atoms with Crippen LogP contribution in [-0.2, 0) is 0 Å². The Morgan fingerprint density at radius 1 is 1.39 bits per heavy atom. The minimum absolute atomic E-state index is 0.0960. The van der Waals surface area contributed by atoms with E-state index in [1.165, 1.54) is 12.8 Å². The predicted octanol–water partition coefficient (Wildman–Crippen LogP) is 2.82. The first-order valence-electron chi connectivity index (χ1n) is 6.76. The zero-order chi connectivity index (χ0) is 13.1. The number of nitrogens with one attached hydrogen (secondary N) is 1. The van der Waals surface area contributed by atoms with E-state index in [1.807, 2.05) is 19.2 Å². The largest absolute Gasteiger partial charge is 0.319 e. The van der Waals surface area contributed by atoms with Crippen molar-refractivity contribution in [3.63, 3.8) is 0 Å². The monoisotopic (exact) mass is 250 g/mol. The average Bonchev–Trinajstić information content (AvgIpc) is 2.34. The summed E-state index contributed by atoms with van der Waals surface area (Å²) >= 11 is 0. The van der Waals surface area contributed by atoms with Crippen molar-refractivity contribution in [2.24, 2.45) is 5.92 Å². The van der Waals surface area contributed by atoms with Crippen LogP contribution in [-0.4, -0.2) is 31.6 Å². The van der Waals surface area contributed by atoms with Crippen LogP contribution in [0.25, 0.3) is 0 Å². The Bertz CT molecular complexity index is 394. The van der Waals surface area contributed by atoms with Crippen molar-refractivity contribution in [1.29, 1.82) is 0 Å². The van der Waals surface area contributed by atoms with Gasteiger partial charge in [0.25, 0.3) is 0 Å². The second-order valence-corrected chi connectivity index (χ2v) is 5.33. The molecule has 3 heteroatoms. The molecule has 0 amide bonds. The molecule has 1 saturated carbocycles. The van der Waals surface area contributed by atoms with Crippen molar-refractivity contribution in [2.75, 3.05) is 20.6 Å². The highest BCUT2D eigenvalue weighted by Crippen LogP contribution is 2.35. The summed E-state index contributed by atoms with van der Waals surface area (Å²) < 4.78 is 13.8. The van der Waals surface area contributed by atoms with Crippen molar-refractivity contribution in [2.45, 2.75) is 31.8 Å². The second-order valence-electron chi connectivity index (χ2n) is 5.33. The zero-order valence-electron chi connectivity index (χ0n) is 11.5. The Kier molecular flexibility index (Phi) is 4.36. The minimum Gasteiger partial charge on any atom is -0.319 e. The van der Waals surface area contributed by atoms with Crippen LogP contribution in [0.4, 0.5) is 4.39 Å². The Morgan fingerprint density at radius 3 is 2.67 bits per heavy atom. The van der Waals surface area contributed by atoms with Crippen LogP contribution < -0.4 is 5.32 Å². The molecule has 0 bridgehead atoms. The summed E-state index contributed by atoms with van der Waals surface area (Å²) in [6.45, 7) is 3.15. The van der Waals surface area contributed by atoms with E-state index in [1.54, 1.807) is 12.1 Å². The van der Waals surface area contributed by atoms with Gasteiger partial charge in [-0.1, -0.05) is 18.2 Å². The fraction of sp³-hybridized carbons (Fsp3) is 0.600. The summed E-state index contributed by atoms with van der Waals surface area (Å²) in [6, 6.07) is 7.81. The van der Waals surface area contributed by atoms with Gasteiger partial charge in [-0.3, -0.25) is 4.90 Å². The van der Waals surface area contributed by atoms with E-state index in [4.69, 9.17) is 0 Å². The van der Waals surface area contributed by atoms with Gasteiger partial charge in [-0.05, 0) is 52.4 Å². The average molecular weight is 250 g/mol. The molecule has 1 aliphatic rings. The fourth-order valence-electron chi connectivity index (χ4n) is 2.91. The fourth-order valence-corrected chi connectivity index (χ4v) is 2.91. The smallest absolute Gasteiger partial charge is 0.127 e. The van der Waals surface area contributed by atoms with Crippen molar-refractivity contribution in [1.82, 2.24) is 10.2 Å². The number of nitrogens with zero attached hydrogens (tertiary/aromatic N) is 1. The van der Waals surface area contributed by atoms with Gasteiger partial charge in [-0.25, -0.2) is 4.39 Å². The van der Waals surface area contributed by atoms with Crippen molar-refractivity contribution >= 4 is 0 Å². The molecule has 2 rings (SSSR count). The van der Waals surface area contributed by atoms with Gasteiger partial charge in [0.05, 0.1) is 0 Å². The number of benzene rings is 1. The van der Waals surface area contributed by atoms with Crippen LogP contribution in [0.3, 0.4) is 0 Å². The predicted molar refractivity (Wildman–Crippen MR) is 73.0 cm³/mol. The summed E-state index contributed by atoms with van der Waals surface area (Å²) in [5, 5.41) is 3.24. The lowest BCUT2D eigenvalue weighted by molar-refractivity contribution is 0.0548. The van der Waals surface area contributed by atoms with Crippen LogP contribution in [0, 0.1) is 11.7 Å². The third kappa shape index (κ3) is 2.57. The Morgan fingerprint density at radius 2 is 2.11 bits per heavy atom. The SMILES string of the molecule is CNCC1CCC1N(C)C(C)c1ccccc1F. The molecule has 1 aliphatic carbocycles. The van der Waals surface area contributed by atoms with Crippen LogP contribution in [0.1, 0.15) is 31.4 Å². The molecular weight excluding hydrogens is 227 g/mol. The topological polar surface area (TPSA) is 15.3 Å². The molecule has 1 fully saturated rings. The van der Waals surface area contributed by atoms with Gasteiger partial charge in [0.2, 0.25) is 0 Å². The third-order valence-electron chi connectivity index (χ3n) is 4.33. The molecule has 0 saturated heterocycles. The normalized spacial score (nSPS) is 24.9. The lowest BCUT2D eigenvalue weighted by Gasteiger charge is -2.45. The Balaban J connectivity index is 2.05. The maximum Gasteiger partial charge on any atom is 0.127 e. The van der Waals surface area contributed by atoms with Gasteiger partial charge in [0, 0.05) is 17.6 Å². The second kappa shape index (κ2) is 5.81. The molecule has 1 N–H and O–H groups in total. The Hall–Kier alpha value is -0.930. The number of hydrogen-bond donors (Lipinski definition) is 1. The number of rotatable bonds is 5. The summed E-state index contributed by atoms with van der Waals surface area (Å²) in [5.74, 6) is 0.607. The molecule has 1 aromatic rings. The van der Waals surface area contributed by atoms with E-state index < -0.39 is 0 Å². The molecule has 0 spiro atoms. The first-order chi connectivity index (χ1) is 8.65. The summed E-state index contributed by atoms with van der Waals surface area (Å²) in [5.41, 5.74) is 0.801. The number of halogens is 1. The van der Waals surface area contributed by atoms with Gasteiger partial charge >= 0.3 is 0 Å². The first-order valence-corrected chi connectivity index (χ1v) is 6.76. The minimum atomic E-state index is -0.0960. The molecule has 1 aromatic carbocycles. The molecule has 0 aromatic heterocycles. The van der Waals surface area contributed by atoms with Crippen molar-refractivity contribution < 1.29 is 4.39 Å². The van der Waals surface area contributed by atoms with Gasteiger partial charge in [-0.15, -0.1) is 0 Å². The summed E-state index contributed by atoms with van der Waals surface area (Å²) in [4.78, 5) is 2.32. The maximum atomic E-state index is 13.8. The molecule has 3 unspecified atom stereocenters. The van der Waals surface area contributed by atoms with E-state index in [2.05, 4.69) is 24.2 Å². The maximum absolute atomic E-state index is 13.8. The summed E-state index contributed by atoms with van der Waals surface area (Å²) in [7, 11) is 4.11. The first kappa shape index (κ1) is 13.5. The van der Waals surface area contributed by atoms with E-state index >= 15 is 0 Å². The van der Waals surface area contributed by atoms with Crippen molar-refractivity contribution in [3.05, 3.63) is 35.6 Å². The van der Waals surface area contributed by atoms with Crippen LogP contribution in [0.5, 0.6) is 0 Å². The molecular formula is C15H23FN2. The van der Waals surface area contributed by atoms with E-state index in [0.29, 0.717) is 12.0 Å². The highest BCUT2D eigenvalue weighted by Gasteiger charge is 2.35. The highest BCUT2D eigenvalue weighted by molar-refractivity contribution is 5.21. The standard InChI is InChI=1S/C15H23FN2/c1-11(13-6-4-5-7-14(13)16)18(3)15-9-8-12(15)10-17-2/h4-7,11-12,15,17H,8-10H2,1-3H3. The van der Waals surface area contributed by atoms with Crippen LogP contribution in [0.15, 0.2) is 24.3 Å². The number of hydrogen-bond acceptors (Lipinski definition) is 2. The molecule has 0 aliphatic heterocycles. The molecule has 100 valence electrons. The molecule has 0 heterocycles. The molecule has 2 nitrogen and oxygen atoms in total. The quantitative estimate of drug-likeness (QED) is 0.864. The lowest BCUT2D eigenvalue weighted by Crippen LogP contribution is -2.49. The molecule has 3 atom stereocenters. The van der Waals surface area contributed by atoms with E-state index in [0.717, 1.165) is 12.1 Å². The van der Waals surface area contributed by atoms with Crippen LogP contribution in [0.2, 0.25) is 0 Å². The highest BCUT2D eigenvalue weighted by atomic mass is 19.1. The van der Waals surface area contributed by atoms with Gasteiger partial charge in [-0.2, -0.15) is 0 Å².